The number of phenolic OH excluding ortho intramolecular Hbond substituents is 1. The number of hydrogen-bond donors (Lipinski definition) is 21. The topological polar surface area (TPSA) is 637 Å². The van der Waals surface area contributed by atoms with Crippen LogP contribution in [0.15, 0.2) is 29.3 Å². The van der Waals surface area contributed by atoms with Gasteiger partial charge in [0.25, 0.3) is 0 Å². The fourth-order valence-corrected chi connectivity index (χ4v) is 7.06. The van der Waals surface area contributed by atoms with Crippen molar-refractivity contribution < 1.29 is 97.8 Å². The number of hydrogen-bond acceptors (Lipinski definition) is 20. The van der Waals surface area contributed by atoms with E-state index in [1.807, 2.05) is 16.0 Å². The van der Waals surface area contributed by atoms with Crippen molar-refractivity contribution in [2.75, 3.05) is 26.4 Å². The summed E-state index contributed by atoms with van der Waals surface area (Å²) in [5.74, 6) is -19.8. The van der Waals surface area contributed by atoms with E-state index >= 15 is 0 Å². The van der Waals surface area contributed by atoms with Crippen LogP contribution in [0.25, 0.3) is 0 Å². The molecule has 0 fully saturated rings. The van der Waals surface area contributed by atoms with Gasteiger partial charge in [0.1, 0.15) is 66.2 Å². The van der Waals surface area contributed by atoms with Gasteiger partial charge in [-0.2, -0.15) is 0 Å². The summed E-state index contributed by atoms with van der Waals surface area (Å²) < 4.78 is 0. The lowest BCUT2D eigenvalue weighted by molar-refractivity contribution is -0.144. The Morgan fingerprint density at radius 1 is 0.488 bits per heavy atom. The number of aliphatic hydroxyl groups excluding tert-OH is 3. The standard InChI is InChI=1S/C46H72N16O20/c1-3-19(2)35(45(81)82)62-42(78)27(14-33(50)69)58-44(80)30(18-65)61-40(76)26(13-32(49)68)57-41(77)28(15-34(70)71)59-37(73)23(5-4-10-53-46(51)52)54-38(74)24(11-20-6-8-21(66)9-7-20)56-43(79)29(17-64)60-39(75)25(12-31(48)67)55-36(72)22(47)16-63/h6-9,19,22-30,35,63-66H,3-5,10-18,47H2,1-2H3,(H2,48,67)(H2,49,68)(H2,50,69)(H,54,74)(H,55,72)(H,56,79)(H,57,77)(H,58,80)(H,59,73)(H,60,75)(H,61,76)(H,62,78)(H,70,71)(H,81,82)(H4,51,52,53)/t19-,22-,23-,24-,25-,26-,27-,28-,29-,30-,35-/m0/s1. The van der Waals surface area contributed by atoms with Crippen LogP contribution in [-0.4, -0.2) is 206 Å². The number of aliphatic hydroxyl groups is 3. The molecular weight excluding hydrogens is 1100 g/mol. The summed E-state index contributed by atoms with van der Waals surface area (Å²) in [6.07, 6.45) is -4.88. The number of amides is 12. The van der Waals surface area contributed by atoms with Gasteiger partial charge in [-0.1, -0.05) is 32.4 Å². The average molecular weight is 1170 g/mol. The molecule has 36 nitrogen and oxygen atoms in total. The van der Waals surface area contributed by atoms with Crippen molar-refractivity contribution in [3.05, 3.63) is 29.8 Å². The Labute approximate surface area is 466 Å². The molecule has 12 amide bonds. The minimum Gasteiger partial charge on any atom is -0.508 e. The molecule has 11 atom stereocenters. The molecule has 0 saturated carbocycles. The van der Waals surface area contributed by atoms with E-state index in [1.165, 1.54) is 31.2 Å². The van der Waals surface area contributed by atoms with Crippen LogP contribution in [0, 0.1) is 5.92 Å². The van der Waals surface area contributed by atoms with Gasteiger partial charge in [-0.3, -0.25) is 67.3 Å². The maximum atomic E-state index is 14.2. The lowest BCUT2D eigenvalue weighted by Gasteiger charge is -2.27. The van der Waals surface area contributed by atoms with Crippen molar-refractivity contribution in [1.29, 1.82) is 0 Å². The average Bonchev–Trinajstić information content (AvgIpc) is 3.43. The summed E-state index contributed by atoms with van der Waals surface area (Å²) in [6.45, 7) is -0.420. The lowest BCUT2D eigenvalue weighted by Crippen LogP contribution is -2.62. The number of aliphatic carboxylic acids is 2. The zero-order chi connectivity index (χ0) is 62.6. The summed E-state index contributed by atoms with van der Waals surface area (Å²) >= 11 is 0. The quantitative estimate of drug-likeness (QED) is 0.0166. The SMILES string of the molecule is CC[C@H](C)[C@H](NC(=O)[C@H](CC(N)=O)NC(=O)[C@H](CO)NC(=O)[C@H](CC(N)=O)NC(=O)[C@H](CC(=O)O)NC(=O)[C@H](CCCN=C(N)N)NC(=O)[C@H](Cc1ccc(O)cc1)NC(=O)[C@H](CO)NC(=O)[C@H](CC(N)=O)NC(=O)[C@@H](N)CO)C(=O)O. The Kier molecular flexibility index (Phi) is 30.5. The predicted molar refractivity (Wildman–Crippen MR) is 279 cm³/mol. The summed E-state index contributed by atoms with van der Waals surface area (Å²) in [4.78, 5) is 185. The second-order valence-corrected chi connectivity index (χ2v) is 18.3. The van der Waals surface area contributed by atoms with Crippen molar-refractivity contribution in [3.63, 3.8) is 0 Å². The number of carboxylic acids is 2. The molecule has 1 aromatic rings. The van der Waals surface area contributed by atoms with Crippen LogP contribution in [0.1, 0.15) is 64.4 Å². The number of carboxylic acid groups (broad SMARTS) is 2. The highest BCUT2D eigenvalue weighted by molar-refractivity contribution is 6.01. The number of aliphatic imine (C=N–C) groups is 1. The van der Waals surface area contributed by atoms with Gasteiger partial charge in [-0.05, 0) is 36.5 Å². The predicted octanol–water partition coefficient (Wildman–Crippen LogP) is -11.1. The molecule has 36 heteroatoms. The van der Waals surface area contributed by atoms with Crippen molar-refractivity contribution >= 4 is 88.8 Å². The normalized spacial score (nSPS) is 14.9. The molecule has 1 aromatic carbocycles. The molecule has 82 heavy (non-hydrogen) atoms. The molecule has 0 aromatic heterocycles. The van der Waals surface area contributed by atoms with Gasteiger partial charge in [0, 0.05) is 13.0 Å². The summed E-state index contributed by atoms with van der Waals surface area (Å²) in [5.41, 5.74) is 32.3. The number of nitrogens with zero attached hydrogens (tertiary/aromatic N) is 1. The summed E-state index contributed by atoms with van der Waals surface area (Å²) in [5, 5.41) is 77.9. The Bertz CT molecular complexity index is 2500. The first-order chi connectivity index (χ1) is 38.4. The van der Waals surface area contributed by atoms with Crippen molar-refractivity contribution in [2.45, 2.75) is 126 Å². The van der Waals surface area contributed by atoms with Crippen LogP contribution in [0.2, 0.25) is 0 Å². The third-order valence-corrected chi connectivity index (χ3v) is 11.7. The Morgan fingerprint density at radius 2 is 0.841 bits per heavy atom. The van der Waals surface area contributed by atoms with Gasteiger partial charge in [0.15, 0.2) is 5.96 Å². The molecule has 0 aliphatic carbocycles. The number of benzene rings is 1. The number of phenols is 1. The van der Waals surface area contributed by atoms with E-state index in [-0.39, 0.29) is 30.7 Å². The maximum Gasteiger partial charge on any atom is 0.326 e. The zero-order valence-electron chi connectivity index (χ0n) is 44.5. The molecule has 0 bridgehead atoms. The van der Waals surface area contributed by atoms with Crippen LogP contribution in [0.4, 0.5) is 0 Å². The molecule has 1 rings (SSSR count). The molecular formula is C46H72N16O20. The van der Waals surface area contributed by atoms with Gasteiger partial charge in [0.2, 0.25) is 70.9 Å². The highest BCUT2D eigenvalue weighted by Crippen LogP contribution is 2.14. The van der Waals surface area contributed by atoms with E-state index in [2.05, 4.69) is 36.9 Å². The molecule has 0 unspecified atom stereocenters. The van der Waals surface area contributed by atoms with E-state index < -0.39 is 213 Å². The van der Waals surface area contributed by atoms with Gasteiger partial charge in [0.05, 0.1) is 45.5 Å². The highest BCUT2D eigenvalue weighted by atomic mass is 16.4. The number of aromatic hydroxyl groups is 1. The fraction of sp³-hybridized carbons (Fsp3) is 0.543. The molecule has 0 radical (unpaired) electrons. The molecule has 0 aliphatic rings. The van der Waals surface area contributed by atoms with Gasteiger partial charge in [-0.15, -0.1) is 0 Å². The third kappa shape index (κ3) is 25.7. The Hall–Kier alpha value is -9.29. The number of nitrogens with one attached hydrogen (secondary N) is 9. The van der Waals surface area contributed by atoms with E-state index in [9.17, 15) is 97.8 Å². The van der Waals surface area contributed by atoms with Crippen LogP contribution < -0.4 is 82.3 Å². The highest BCUT2D eigenvalue weighted by Gasteiger charge is 2.37. The molecule has 0 heterocycles. The molecule has 456 valence electrons. The minimum atomic E-state index is -2.19. The van der Waals surface area contributed by atoms with Crippen LogP contribution in [-0.2, 0) is 73.5 Å². The molecule has 0 saturated heterocycles. The largest absolute Gasteiger partial charge is 0.508 e. The number of carbonyl (C=O) groups is 14. The van der Waals surface area contributed by atoms with Crippen LogP contribution >= 0.6 is 0 Å². The number of guanidine groups is 1. The fourth-order valence-electron chi connectivity index (χ4n) is 7.06. The van der Waals surface area contributed by atoms with Crippen molar-refractivity contribution in [2.24, 2.45) is 45.3 Å². The second-order valence-electron chi connectivity index (χ2n) is 18.3. The number of primary amides is 3. The van der Waals surface area contributed by atoms with E-state index in [0.29, 0.717) is 0 Å². The first-order valence-corrected chi connectivity index (χ1v) is 24.8. The first kappa shape index (κ1) is 70.7. The Morgan fingerprint density at radius 3 is 1.22 bits per heavy atom. The van der Waals surface area contributed by atoms with Crippen LogP contribution in [0.3, 0.4) is 0 Å². The van der Waals surface area contributed by atoms with Gasteiger partial charge in [-0.25, -0.2) is 4.79 Å². The van der Waals surface area contributed by atoms with Gasteiger partial charge < -0.3 is 113 Å². The van der Waals surface area contributed by atoms with Gasteiger partial charge >= 0.3 is 11.9 Å². The smallest absolute Gasteiger partial charge is 0.326 e. The van der Waals surface area contributed by atoms with E-state index in [4.69, 9.17) is 34.4 Å². The first-order valence-electron chi connectivity index (χ1n) is 24.8. The van der Waals surface area contributed by atoms with Crippen LogP contribution in [0.5, 0.6) is 5.75 Å². The molecule has 0 spiro atoms. The Balaban J connectivity index is 3.63. The number of nitrogens with two attached hydrogens (primary N) is 6. The zero-order valence-corrected chi connectivity index (χ0v) is 44.5. The monoisotopic (exact) mass is 1170 g/mol. The van der Waals surface area contributed by atoms with E-state index in [1.54, 1.807) is 6.92 Å². The minimum absolute atomic E-state index is 0.138. The third-order valence-electron chi connectivity index (χ3n) is 11.7. The lowest BCUT2D eigenvalue weighted by atomic mass is 9.98. The number of rotatable bonds is 38. The summed E-state index contributed by atoms with van der Waals surface area (Å²) in [7, 11) is 0. The molecule has 0 aliphatic heterocycles. The summed E-state index contributed by atoms with van der Waals surface area (Å²) in [6, 6.07) is -13.6. The van der Waals surface area contributed by atoms with Crippen molar-refractivity contribution in [1.82, 2.24) is 47.9 Å². The maximum absolute atomic E-state index is 14.2. The molecule has 27 N–H and O–H groups in total. The van der Waals surface area contributed by atoms with E-state index in [0.717, 1.165) is 0 Å². The number of carbonyl (C=O) groups excluding carboxylic acids is 12. The second kappa shape index (κ2) is 35.4. The van der Waals surface area contributed by atoms with Crippen molar-refractivity contribution in [3.8, 4) is 5.75 Å².